The number of nitrogen functional groups attached to an aromatic ring is 1. The Morgan fingerprint density at radius 3 is 2.53 bits per heavy atom. The number of nitrogens with two attached hydrogens (primary N) is 1. The Morgan fingerprint density at radius 1 is 1.11 bits per heavy atom. The third-order valence-corrected chi connectivity index (χ3v) is 6.29. The number of carbonyl (C=O) groups excluding carboxylic acids is 1. The van der Waals surface area contributed by atoms with Crippen LogP contribution in [0.3, 0.4) is 0 Å². The third-order valence-electron chi connectivity index (χ3n) is 6.29. The zero-order valence-corrected chi connectivity index (χ0v) is 20.2. The molecule has 4 aromatic rings. The molecule has 0 atom stereocenters. The number of pyridine rings is 1. The first kappa shape index (κ1) is 25.1. The molecule has 0 radical (unpaired) electrons. The first-order valence-corrected chi connectivity index (χ1v) is 12.1. The average Bonchev–Trinajstić information content (AvgIpc) is 3.68. The molecule has 2 heterocycles. The number of nitrogens with zero attached hydrogens (tertiary/aromatic N) is 4. The number of fused-ring (bicyclic) bond motifs is 1. The molecular formula is C27H24F3N7O. The largest absolute Gasteiger partial charge is 0.416 e. The van der Waals surface area contributed by atoms with Crippen molar-refractivity contribution < 1.29 is 18.0 Å². The van der Waals surface area contributed by atoms with Crippen molar-refractivity contribution in [3.8, 4) is 11.1 Å². The number of carbonyl (C=O) groups is 1. The number of hydrogen-bond acceptors (Lipinski definition) is 4. The molecule has 0 saturated heterocycles. The van der Waals surface area contributed by atoms with Gasteiger partial charge in [-0.1, -0.05) is 18.2 Å². The van der Waals surface area contributed by atoms with Gasteiger partial charge in [0.05, 0.1) is 17.5 Å². The van der Waals surface area contributed by atoms with Crippen molar-refractivity contribution in [3.63, 3.8) is 0 Å². The van der Waals surface area contributed by atoms with Gasteiger partial charge in [0.15, 0.2) is 11.5 Å². The Bertz CT molecular complexity index is 1530. The molecule has 2 aromatic heterocycles. The van der Waals surface area contributed by atoms with Gasteiger partial charge in [0.25, 0.3) is 0 Å². The van der Waals surface area contributed by atoms with Crippen molar-refractivity contribution in [1.29, 1.82) is 0 Å². The van der Waals surface area contributed by atoms with Crippen molar-refractivity contribution in [1.82, 2.24) is 14.8 Å². The number of alkyl halides is 3. The second-order valence-corrected chi connectivity index (χ2v) is 9.15. The quantitative estimate of drug-likeness (QED) is 0.191. The Hall–Kier alpha value is -4.59. The van der Waals surface area contributed by atoms with Gasteiger partial charge < -0.3 is 21.2 Å². The van der Waals surface area contributed by atoms with Gasteiger partial charge in [0.1, 0.15) is 0 Å². The van der Waals surface area contributed by atoms with Crippen molar-refractivity contribution >= 4 is 34.3 Å². The number of aromatic nitrogens is 3. The standard InChI is InChI=1S/C27H24F3N7O/c1-32-12-3-13-37-25-23(24(31)36-37)21(15-22(35-25)17-6-7-17)16-8-10-19(11-9-16)33-26(38)34-20-5-2-4-18(14-20)27(28,29)30/h2,4-5,8-11,14-15,17H,3,6-7,12-13H2,(H2,31,36)(H2,33,34,38). The molecule has 4 N–H and O–H groups in total. The maximum atomic E-state index is 12.9. The summed E-state index contributed by atoms with van der Waals surface area (Å²) in [5.74, 6) is 0.752. The van der Waals surface area contributed by atoms with Crippen molar-refractivity contribution in [2.24, 2.45) is 0 Å². The summed E-state index contributed by atoms with van der Waals surface area (Å²) >= 11 is 0. The van der Waals surface area contributed by atoms with E-state index >= 15 is 0 Å². The van der Waals surface area contributed by atoms with Gasteiger partial charge in [-0.05, 0) is 60.4 Å². The van der Waals surface area contributed by atoms with Crippen LogP contribution in [-0.4, -0.2) is 27.3 Å². The topological polar surface area (TPSA) is 102 Å². The van der Waals surface area contributed by atoms with Crippen LogP contribution < -0.4 is 16.4 Å². The zero-order chi connectivity index (χ0) is 26.9. The van der Waals surface area contributed by atoms with Gasteiger partial charge in [-0.3, -0.25) is 0 Å². The summed E-state index contributed by atoms with van der Waals surface area (Å²) in [6, 6.07) is 12.9. The molecule has 0 aliphatic heterocycles. The number of urea groups is 1. The van der Waals surface area contributed by atoms with Gasteiger partial charge in [0.2, 0.25) is 6.54 Å². The summed E-state index contributed by atoms with van der Waals surface area (Å²) in [7, 11) is 0. The van der Waals surface area contributed by atoms with Crippen LogP contribution in [0.5, 0.6) is 0 Å². The molecule has 0 bridgehead atoms. The SMILES string of the molecule is [C-]#[N+]CCCn1nc(N)c2c(-c3ccc(NC(=O)Nc4cccc(C(F)(F)F)c4)cc3)cc(C3CC3)nc21. The van der Waals surface area contributed by atoms with E-state index in [0.717, 1.165) is 47.2 Å². The van der Waals surface area contributed by atoms with Crippen LogP contribution in [-0.2, 0) is 12.7 Å². The summed E-state index contributed by atoms with van der Waals surface area (Å²) in [6.45, 7) is 7.95. The Kier molecular flexibility index (Phi) is 6.63. The molecule has 0 spiro atoms. The lowest BCUT2D eigenvalue weighted by atomic mass is 10.0. The minimum atomic E-state index is -4.50. The Labute approximate surface area is 216 Å². The Morgan fingerprint density at radius 2 is 1.84 bits per heavy atom. The minimum absolute atomic E-state index is 0.0320. The fraction of sp³-hybridized carbons (Fsp3) is 0.259. The predicted octanol–water partition coefficient (Wildman–Crippen LogP) is 6.53. The predicted molar refractivity (Wildman–Crippen MR) is 140 cm³/mol. The highest BCUT2D eigenvalue weighted by Gasteiger charge is 2.30. The number of aryl methyl sites for hydroxylation is 1. The number of anilines is 3. The maximum absolute atomic E-state index is 12.9. The van der Waals surface area contributed by atoms with Crippen LogP contribution in [0.15, 0.2) is 54.6 Å². The van der Waals surface area contributed by atoms with Gasteiger partial charge >= 0.3 is 12.2 Å². The van der Waals surface area contributed by atoms with E-state index in [0.29, 0.717) is 42.6 Å². The van der Waals surface area contributed by atoms with E-state index in [-0.39, 0.29) is 5.69 Å². The lowest BCUT2D eigenvalue weighted by Gasteiger charge is -2.12. The van der Waals surface area contributed by atoms with Gasteiger partial charge in [0, 0.05) is 29.4 Å². The molecule has 194 valence electrons. The summed E-state index contributed by atoms with van der Waals surface area (Å²) < 4.78 is 40.6. The van der Waals surface area contributed by atoms with Crippen molar-refractivity contribution in [3.05, 3.63) is 77.3 Å². The molecule has 38 heavy (non-hydrogen) atoms. The molecule has 1 aliphatic carbocycles. The van der Waals surface area contributed by atoms with Crippen LogP contribution in [0.1, 0.15) is 36.4 Å². The van der Waals surface area contributed by atoms with E-state index in [9.17, 15) is 18.0 Å². The second-order valence-electron chi connectivity index (χ2n) is 9.15. The van der Waals surface area contributed by atoms with E-state index in [1.54, 1.807) is 16.8 Å². The van der Waals surface area contributed by atoms with Crippen LogP contribution in [0.4, 0.5) is 35.2 Å². The first-order valence-electron chi connectivity index (χ1n) is 12.1. The normalized spacial score (nSPS) is 13.3. The van der Waals surface area contributed by atoms with Gasteiger partial charge in [-0.25, -0.2) is 21.0 Å². The van der Waals surface area contributed by atoms with Crippen LogP contribution >= 0.6 is 0 Å². The van der Waals surface area contributed by atoms with E-state index in [1.165, 1.54) is 12.1 Å². The van der Waals surface area contributed by atoms with Gasteiger partial charge in [-0.15, -0.1) is 0 Å². The van der Waals surface area contributed by atoms with E-state index in [4.69, 9.17) is 17.3 Å². The number of nitrogens with one attached hydrogen (secondary N) is 2. The molecule has 1 aliphatic rings. The van der Waals surface area contributed by atoms with Crippen molar-refractivity contribution in [2.75, 3.05) is 22.9 Å². The van der Waals surface area contributed by atoms with Crippen LogP contribution in [0.2, 0.25) is 0 Å². The average molecular weight is 520 g/mol. The smallest absolute Gasteiger partial charge is 0.382 e. The fourth-order valence-corrected chi connectivity index (χ4v) is 4.29. The molecule has 8 nitrogen and oxygen atoms in total. The summed E-state index contributed by atoms with van der Waals surface area (Å²) in [5, 5.41) is 10.3. The number of benzene rings is 2. The van der Waals surface area contributed by atoms with E-state index in [2.05, 4.69) is 20.6 Å². The monoisotopic (exact) mass is 519 g/mol. The van der Waals surface area contributed by atoms with Crippen LogP contribution in [0.25, 0.3) is 27.0 Å². The molecular weight excluding hydrogens is 495 g/mol. The lowest BCUT2D eigenvalue weighted by Crippen LogP contribution is -2.19. The van der Waals surface area contributed by atoms with E-state index < -0.39 is 17.8 Å². The lowest BCUT2D eigenvalue weighted by molar-refractivity contribution is -0.137. The molecule has 5 rings (SSSR count). The molecule has 1 saturated carbocycles. The highest BCUT2D eigenvalue weighted by Crippen LogP contribution is 2.43. The van der Waals surface area contributed by atoms with Crippen LogP contribution in [0, 0.1) is 6.57 Å². The highest BCUT2D eigenvalue weighted by atomic mass is 19.4. The minimum Gasteiger partial charge on any atom is -0.382 e. The zero-order valence-electron chi connectivity index (χ0n) is 20.2. The molecule has 2 aromatic carbocycles. The number of halogens is 3. The Balaban J connectivity index is 1.38. The van der Waals surface area contributed by atoms with Gasteiger partial charge in [-0.2, -0.15) is 18.3 Å². The van der Waals surface area contributed by atoms with Crippen molar-refractivity contribution in [2.45, 2.75) is 37.9 Å². The number of amides is 2. The summed E-state index contributed by atoms with van der Waals surface area (Å²) in [5.41, 5.74) is 9.35. The maximum Gasteiger partial charge on any atom is 0.416 e. The summed E-state index contributed by atoms with van der Waals surface area (Å²) in [4.78, 5) is 20.6. The van der Waals surface area contributed by atoms with E-state index in [1.807, 2.05) is 18.2 Å². The third kappa shape index (κ3) is 5.39. The first-order chi connectivity index (χ1) is 18.2. The molecule has 2 amide bonds. The fourth-order valence-electron chi connectivity index (χ4n) is 4.29. The molecule has 1 fully saturated rings. The summed E-state index contributed by atoms with van der Waals surface area (Å²) in [6.07, 6.45) is -1.71. The second kappa shape index (κ2) is 10.0. The molecule has 0 unspecified atom stereocenters. The number of rotatable bonds is 7. The highest BCUT2D eigenvalue weighted by molar-refractivity contribution is 6.02. The number of hydrogen-bond donors (Lipinski definition) is 3. The molecule has 11 heteroatoms.